The maximum absolute atomic E-state index is 13.4. The number of alkyl halides is 1. The second-order valence-corrected chi connectivity index (χ2v) is 8.47. The number of rotatable bonds is 4. The third-order valence-corrected chi connectivity index (χ3v) is 6.66. The predicted molar refractivity (Wildman–Crippen MR) is 103 cm³/mol. The quantitative estimate of drug-likeness (QED) is 0.752. The second-order valence-electron chi connectivity index (χ2n) is 7.91. The van der Waals surface area contributed by atoms with Crippen LogP contribution in [0.3, 0.4) is 0 Å². The molecule has 6 nitrogen and oxygen atoms in total. The molecule has 1 amide bonds. The van der Waals surface area contributed by atoms with Crippen LogP contribution in [0.1, 0.15) is 37.8 Å². The third kappa shape index (κ3) is 3.08. The molecule has 0 spiro atoms. The average molecular weight is 406 g/mol. The molecule has 2 aliphatic heterocycles. The number of carbonyl (C=O) groups is 2. The summed E-state index contributed by atoms with van der Waals surface area (Å²) in [6.45, 7) is 2.26. The Labute approximate surface area is 168 Å². The van der Waals surface area contributed by atoms with E-state index < -0.39 is 6.04 Å². The summed E-state index contributed by atoms with van der Waals surface area (Å²) in [4.78, 5) is 28.1. The summed E-state index contributed by atoms with van der Waals surface area (Å²) >= 11 is 6.43. The number of hydrogen-bond donors (Lipinski definition) is 2. The van der Waals surface area contributed by atoms with Crippen molar-refractivity contribution in [2.24, 2.45) is 11.8 Å². The number of phenolic OH excluding ortho intramolecular Hbond substituents is 1. The monoisotopic (exact) mass is 405 g/mol. The number of halogens is 1. The minimum Gasteiger partial charge on any atom is -0.508 e. The molecule has 5 unspecified atom stereocenters. The van der Waals surface area contributed by atoms with Gasteiger partial charge in [0.1, 0.15) is 11.9 Å². The van der Waals surface area contributed by atoms with Crippen LogP contribution in [0, 0.1) is 11.8 Å². The number of ether oxygens (including phenoxy) is 1. The van der Waals surface area contributed by atoms with Gasteiger partial charge in [0.15, 0.2) is 11.5 Å². The van der Waals surface area contributed by atoms with Crippen LogP contribution in [0.15, 0.2) is 35.6 Å². The van der Waals surface area contributed by atoms with E-state index in [0.29, 0.717) is 36.9 Å². The lowest BCUT2D eigenvalue weighted by atomic mass is 9.74. The fourth-order valence-electron chi connectivity index (χ4n) is 4.58. The summed E-state index contributed by atoms with van der Waals surface area (Å²) < 4.78 is 6.09. The highest BCUT2D eigenvalue weighted by atomic mass is 35.5. The van der Waals surface area contributed by atoms with Gasteiger partial charge >= 0.3 is 0 Å². The fourth-order valence-corrected chi connectivity index (χ4v) is 4.87. The molecule has 0 radical (unpaired) electrons. The molecule has 150 valence electrons. The molecule has 2 N–H and O–H groups in total. The molecule has 2 heterocycles. The largest absolute Gasteiger partial charge is 0.508 e. The third-order valence-electron chi connectivity index (χ3n) is 6.05. The first-order chi connectivity index (χ1) is 13.4. The highest BCUT2D eigenvalue weighted by molar-refractivity contribution is 6.21. The molecule has 1 fully saturated rings. The van der Waals surface area contributed by atoms with E-state index >= 15 is 0 Å². The SMILES string of the molecule is CC1CC2OC3=C(C(=O)C2CC1Cl)C(c1cccc(O)c1)N(CCCO)C3=O. The van der Waals surface area contributed by atoms with Gasteiger partial charge in [0.2, 0.25) is 0 Å². The lowest BCUT2D eigenvalue weighted by Crippen LogP contribution is -2.44. The molecule has 28 heavy (non-hydrogen) atoms. The van der Waals surface area contributed by atoms with Crippen molar-refractivity contribution >= 4 is 23.3 Å². The maximum atomic E-state index is 13.4. The second kappa shape index (κ2) is 7.41. The van der Waals surface area contributed by atoms with Gasteiger partial charge in [-0.1, -0.05) is 19.1 Å². The summed E-state index contributed by atoms with van der Waals surface area (Å²) in [5.41, 5.74) is 1.01. The van der Waals surface area contributed by atoms with Crippen LogP contribution in [-0.4, -0.2) is 51.4 Å². The van der Waals surface area contributed by atoms with Crippen molar-refractivity contribution in [2.75, 3.05) is 13.2 Å². The number of hydrogen-bond acceptors (Lipinski definition) is 5. The fraction of sp³-hybridized carbons (Fsp3) is 0.524. The van der Waals surface area contributed by atoms with Crippen LogP contribution >= 0.6 is 11.6 Å². The van der Waals surface area contributed by atoms with Gasteiger partial charge in [0.25, 0.3) is 5.91 Å². The first-order valence-corrected chi connectivity index (χ1v) is 10.2. The van der Waals surface area contributed by atoms with Gasteiger partial charge in [-0.3, -0.25) is 9.59 Å². The Kier molecular flexibility index (Phi) is 5.10. The van der Waals surface area contributed by atoms with Crippen molar-refractivity contribution in [2.45, 2.75) is 43.7 Å². The highest BCUT2D eigenvalue weighted by Gasteiger charge is 2.53. The molecule has 0 aromatic heterocycles. The van der Waals surface area contributed by atoms with Crippen molar-refractivity contribution in [1.82, 2.24) is 4.90 Å². The molecular formula is C21H24ClNO5. The predicted octanol–water partition coefficient (Wildman–Crippen LogP) is 2.53. The Morgan fingerprint density at radius 3 is 2.79 bits per heavy atom. The molecule has 5 atom stereocenters. The lowest BCUT2D eigenvalue weighted by molar-refractivity contribution is -0.136. The van der Waals surface area contributed by atoms with Crippen molar-refractivity contribution in [1.29, 1.82) is 0 Å². The van der Waals surface area contributed by atoms with Crippen LogP contribution in [0.5, 0.6) is 5.75 Å². The van der Waals surface area contributed by atoms with Gasteiger partial charge in [-0.2, -0.15) is 0 Å². The molecule has 0 bridgehead atoms. The maximum Gasteiger partial charge on any atom is 0.290 e. The smallest absolute Gasteiger partial charge is 0.290 e. The van der Waals surface area contributed by atoms with Crippen LogP contribution in [0.2, 0.25) is 0 Å². The Morgan fingerprint density at radius 2 is 2.07 bits per heavy atom. The topological polar surface area (TPSA) is 87.1 Å². The Hall–Kier alpha value is -2.05. The zero-order chi connectivity index (χ0) is 20.0. The molecular weight excluding hydrogens is 382 g/mol. The van der Waals surface area contributed by atoms with Gasteiger partial charge in [-0.05, 0) is 42.9 Å². The van der Waals surface area contributed by atoms with Gasteiger partial charge in [-0.15, -0.1) is 11.6 Å². The average Bonchev–Trinajstić information content (AvgIpc) is 2.94. The van der Waals surface area contributed by atoms with E-state index in [2.05, 4.69) is 0 Å². The number of Topliss-reactive ketones (excluding diaryl/α,β-unsaturated/α-hetero) is 1. The van der Waals surface area contributed by atoms with E-state index in [1.54, 1.807) is 29.2 Å². The van der Waals surface area contributed by atoms with Crippen LogP contribution in [0.25, 0.3) is 0 Å². The molecule has 1 saturated carbocycles. The molecule has 1 aromatic carbocycles. The number of nitrogens with zero attached hydrogens (tertiary/aromatic N) is 1. The van der Waals surface area contributed by atoms with E-state index in [-0.39, 0.29) is 53.1 Å². The number of aliphatic hydroxyl groups excluding tert-OH is 1. The number of amides is 1. The normalized spacial score (nSPS) is 32.2. The lowest BCUT2D eigenvalue weighted by Gasteiger charge is -2.40. The van der Waals surface area contributed by atoms with Crippen LogP contribution in [0.4, 0.5) is 0 Å². The summed E-state index contributed by atoms with van der Waals surface area (Å²) in [5.74, 6) is -0.376. The van der Waals surface area contributed by atoms with Crippen molar-refractivity contribution < 1.29 is 24.5 Å². The number of phenols is 1. The molecule has 0 saturated heterocycles. The Morgan fingerprint density at radius 1 is 1.29 bits per heavy atom. The molecule has 7 heteroatoms. The number of aromatic hydroxyl groups is 1. The van der Waals surface area contributed by atoms with Crippen molar-refractivity contribution in [3.63, 3.8) is 0 Å². The Balaban J connectivity index is 1.76. The van der Waals surface area contributed by atoms with Gasteiger partial charge in [0, 0.05) is 18.5 Å². The van der Waals surface area contributed by atoms with E-state index in [9.17, 15) is 19.8 Å². The van der Waals surface area contributed by atoms with Crippen LogP contribution in [-0.2, 0) is 14.3 Å². The van der Waals surface area contributed by atoms with Crippen molar-refractivity contribution in [3.8, 4) is 5.75 Å². The van der Waals surface area contributed by atoms with E-state index in [4.69, 9.17) is 16.3 Å². The Bertz CT molecular complexity index is 838. The first-order valence-electron chi connectivity index (χ1n) is 9.72. The summed E-state index contributed by atoms with van der Waals surface area (Å²) in [6, 6.07) is 5.96. The van der Waals surface area contributed by atoms with E-state index in [0.717, 1.165) is 0 Å². The summed E-state index contributed by atoms with van der Waals surface area (Å²) in [7, 11) is 0. The molecule has 1 aromatic rings. The van der Waals surface area contributed by atoms with Crippen molar-refractivity contribution in [3.05, 3.63) is 41.2 Å². The van der Waals surface area contributed by atoms with Gasteiger partial charge < -0.3 is 19.8 Å². The van der Waals surface area contributed by atoms with E-state index in [1.807, 2.05) is 6.92 Å². The highest BCUT2D eigenvalue weighted by Crippen LogP contribution is 2.48. The minimum atomic E-state index is -0.622. The minimum absolute atomic E-state index is 0.0628. The van der Waals surface area contributed by atoms with Crippen LogP contribution < -0.4 is 0 Å². The molecule has 3 aliphatic rings. The number of aliphatic hydroxyl groups is 1. The summed E-state index contributed by atoms with van der Waals surface area (Å²) in [6.07, 6.45) is 1.23. The zero-order valence-corrected chi connectivity index (χ0v) is 16.4. The first kappa shape index (κ1) is 19.3. The number of ketones is 1. The zero-order valence-electron chi connectivity index (χ0n) is 15.7. The van der Waals surface area contributed by atoms with E-state index in [1.165, 1.54) is 0 Å². The molecule has 1 aliphatic carbocycles. The van der Waals surface area contributed by atoms with Gasteiger partial charge in [0.05, 0.1) is 17.5 Å². The molecule has 4 rings (SSSR count). The number of benzene rings is 1. The number of fused-ring (bicyclic) bond motifs is 1. The standard InChI is InChI=1S/C21H24ClNO5/c1-11-8-16-14(10-15(11)22)19(26)17-18(12-4-2-5-13(25)9-12)23(6-3-7-24)21(27)20(17)28-16/h2,4-5,9,11,14-16,18,24-25H,3,6-8,10H2,1H3. The summed E-state index contributed by atoms with van der Waals surface area (Å²) in [5, 5.41) is 19.1. The number of carbonyl (C=O) groups excluding carboxylic acids is 2. The van der Waals surface area contributed by atoms with Gasteiger partial charge in [-0.25, -0.2) is 0 Å².